The monoisotopic (exact) mass is 383 g/mol. The van der Waals surface area contributed by atoms with Crippen LogP contribution < -0.4 is 13.9 Å². The molecule has 0 saturated heterocycles. The molecule has 1 aliphatic rings. The molecule has 0 aliphatic carbocycles. The Balaban J connectivity index is 2.00. The number of likely N-dealkylation sites (N-methyl/N-ethyl adjacent to an activating group) is 1. The first kappa shape index (κ1) is 18.6. The Kier molecular flexibility index (Phi) is 5.12. The maximum Gasteiger partial charge on any atom is 0.330 e. The number of rotatable bonds is 6. The van der Waals surface area contributed by atoms with Gasteiger partial charge in [-0.25, -0.2) is 13.1 Å². The van der Waals surface area contributed by atoms with Gasteiger partial charge in [0.25, 0.3) is 0 Å². The Morgan fingerprint density at radius 2 is 1.81 bits per heavy atom. The summed E-state index contributed by atoms with van der Waals surface area (Å²) in [5.74, 6) is -2.18. The molecule has 1 heterocycles. The van der Waals surface area contributed by atoms with Gasteiger partial charge in [-0.3, -0.25) is 4.31 Å². The summed E-state index contributed by atoms with van der Waals surface area (Å²) < 4.78 is 55.2. The molecule has 1 atom stereocenters. The molecule has 2 aromatic rings. The van der Waals surface area contributed by atoms with Crippen LogP contribution >= 0.6 is 0 Å². The summed E-state index contributed by atoms with van der Waals surface area (Å²) in [4.78, 5) is 0. The van der Waals surface area contributed by atoms with Crippen LogP contribution in [0.15, 0.2) is 42.5 Å². The van der Waals surface area contributed by atoms with E-state index in [2.05, 4.69) is 5.32 Å². The second-order valence-electron chi connectivity index (χ2n) is 5.93. The van der Waals surface area contributed by atoms with Crippen molar-refractivity contribution < 1.29 is 22.3 Å². The summed E-state index contributed by atoms with van der Waals surface area (Å²) in [6, 6.07) is 9.55. The van der Waals surface area contributed by atoms with Crippen LogP contribution in [0.1, 0.15) is 6.42 Å². The Labute approximate surface area is 150 Å². The van der Waals surface area contributed by atoms with Gasteiger partial charge in [-0.1, -0.05) is 12.1 Å². The minimum absolute atomic E-state index is 0.00891. The Morgan fingerprint density at radius 3 is 2.46 bits per heavy atom. The zero-order valence-corrected chi connectivity index (χ0v) is 14.9. The lowest BCUT2D eigenvalue weighted by atomic mass is 10.2. The van der Waals surface area contributed by atoms with Crippen LogP contribution in [0.4, 0.5) is 25.8 Å². The lowest BCUT2D eigenvalue weighted by molar-refractivity contribution is 0.167. The average molecular weight is 383 g/mol. The summed E-state index contributed by atoms with van der Waals surface area (Å²) in [5.41, 5.74) is 0.783. The Morgan fingerprint density at radius 1 is 1.12 bits per heavy atom. The molecule has 6 nitrogen and oxygen atoms in total. The van der Waals surface area contributed by atoms with Crippen molar-refractivity contribution in [3.63, 3.8) is 0 Å². The van der Waals surface area contributed by atoms with Gasteiger partial charge in [-0.05, 0) is 37.7 Å². The van der Waals surface area contributed by atoms with Gasteiger partial charge >= 0.3 is 10.2 Å². The third-order valence-corrected chi connectivity index (χ3v) is 5.93. The molecule has 3 rings (SSSR count). The molecule has 0 radical (unpaired) electrons. The molecule has 0 unspecified atom stereocenters. The van der Waals surface area contributed by atoms with Crippen molar-refractivity contribution in [2.24, 2.45) is 0 Å². The minimum atomic E-state index is -4.03. The third-order valence-electron chi connectivity index (χ3n) is 4.12. The highest BCUT2D eigenvalue weighted by Gasteiger charge is 2.41. The van der Waals surface area contributed by atoms with Gasteiger partial charge < -0.3 is 10.4 Å². The third kappa shape index (κ3) is 3.25. The van der Waals surface area contributed by atoms with E-state index in [1.807, 2.05) is 0 Å². The molecule has 26 heavy (non-hydrogen) atoms. The van der Waals surface area contributed by atoms with Crippen LogP contribution in [0.2, 0.25) is 0 Å². The Bertz CT molecular complexity index is 908. The molecule has 0 amide bonds. The predicted octanol–water partition coefficient (Wildman–Crippen LogP) is 2.14. The topological polar surface area (TPSA) is 72.9 Å². The molecule has 0 spiro atoms. The van der Waals surface area contributed by atoms with E-state index in [1.165, 1.54) is 10.4 Å². The van der Waals surface area contributed by atoms with Gasteiger partial charge in [-0.15, -0.1) is 0 Å². The number of anilines is 3. The largest absolute Gasteiger partial charge is 0.392 e. The van der Waals surface area contributed by atoms with Gasteiger partial charge in [0.1, 0.15) is 0 Å². The number of para-hydroxylation sites is 2. The summed E-state index contributed by atoms with van der Waals surface area (Å²) in [6.07, 6.45) is -0.486. The fraction of sp³-hybridized carbons (Fsp3) is 0.294. The summed E-state index contributed by atoms with van der Waals surface area (Å²) in [5, 5.41) is 12.7. The molecule has 1 aliphatic heterocycles. The number of aliphatic hydroxyl groups excluding tert-OH is 1. The van der Waals surface area contributed by atoms with Gasteiger partial charge in [0.05, 0.1) is 23.2 Å². The van der Waals surface area contributed by atoms with Gasteiger partial charge in [0.15, 0.2) is 11.6 Å². The summed E-state index contributed by atoms with van der Waals surface area (Å²) >= 11 is 0. The van der Waals surface area contributed by atoms with E-state index in [9.17, 15) is 22.3 Å². The van der Waals surface area contributed by atoms with E-state index in [0.717, 1.165) is 16.4 Å². The van der Waals surface area contributed by atoms with Crippen LogP contribution in [-0.2, 0) is 10.2 Å². The first-order chi connectivity index (χ1) is 12.4. The van der Waals surface area contributed by atoms with Crippen molar-refractivity contribution in [2.75, 3.05) is 28.7 Å². The van der Waals surface area contributed by atoms with Crippen LogP contribution in [-0.4, -0.2) is 39.8 Å². The van der Waals surface area contributed by atoms with E-state index in [0.29, 0.717) is 17.9 Å². The van der Waals surface area contributed by atoms with Crippen molar-refractivity contribution in [2.45, 2.75) is 12.5 Å². The van der Waals surface area contributed by atoms with E-state index >= 15 is 0 Å². The molecule has 0 aromatic heterocycles. The highest BCUT2D eigenvalue weighted by molar-refractivity contribution is 7.95. The number of nitrogens with one attached hydrogen (secondary N) is 1. The average Bonchev–Trinajstić information content (AvgIpc) is 2.82. The lowest BCUT2D eigenvalue weighted by Gasteiger charge is -2.22. The van der Waals surface area contributed by atoms with E-state index in [1.54, 1.807) is 31.3 Å². The SMILES string of the molecule is CNC[C@H](O)CCN1c2ccccc2N(c2ccc(F)c(F)c2)S1(=O)=O. The molecule has 0 saturated carbocycles. The van der Waals surface area contributed by atoms with Crippen molar-refractivity contribution in [3.8, 4) is 0 Å². The molecule has 140 valence electrons. The van der Waals surface area contributed by atoms with Crippen LogP contribution in [0.5, 0.6) is 0 Å². The van der Waals surface area contributed by atoms with Crippen molar-refractivity contribution in [1.82, 2.24) is 5.32 Å². The zero-order valence-electron chi connectivity index (χ0n) is 14.1. The number of hydrogen-bond acceptors (Lipinski definition) is 4. The number of nitrogens with zero attached hydrogens (tertiary/aromatic N) is 2. The molecule has 0 fully saturated rings. The molecule has 9 heteroatoms. The maximum absolute atomic E-state index is 13.6. The smallest absolute Gasteiger partial charge is 0.330 e. The summed E-state index contributed by atoms with van der Waals surface area (Å²) in [7, 11) is -2.34. The van der Waals surface area contributed by atoms with Crippen LogP contribution in [0, 0.1) is 11.6 Å². The fourth-order valence-corrected chi connectivity index (χ4v) is 4.64. The van der Waals surface area contributed by atoms with Gasteiger partial charge in [0, 0.05) is 19.2 Å². The highest BCUT2D eigenvalue weighted by atomic mass is 32.2. The molecule has 2 N–H and O–H groups in total. The van der Waals surface area contributed by atoms with E-state index in [4.69, 9.17) is 0 Å². The van der Waals surface area contributed by atoms with Gasteiger partial charge in [-0.2, -0.15) is 8.42 Å². The highest BCUT2D eigenvalue weighted by Crippen LogP contribution is 2.45. The predicted molar refractivity (Wildman–Crippen MR) is 95.8 cm³/mol. The van der Waals surface area contributed by atoms with Crippen molar-refractivity contribution in [1.29, 1.82) is 0 Å². The number of benzene rings is 2. The lowest BCUT2D eigenvalue weighted by Crippen LogP contribution is -2.38. The Hall–Kier alpha value is -2.23. The number of hydrogen-bond donors (Lipinski definition) is 2. The number of halogens is 2. The molecular formula is C17H19F2N3O3S. The molecular weight excluding hydrogens is 364 g/mol. The first-order valence-corrected chi connectivity index (χ1v) is 9.45. The fourth-order valence-electron chi connectivity index (χ4n) is 2.92. The van der Waals surface area contributed by atoms with Crippen LogP contribution in [0.3, 0.4) is 0 Å². The second kappa shape index (κ2) is 7.18. The molecule has 0 bridgehead atoms. The first-order valence-electron chi connectivity index (χ1n) is 8.06. The van der Waals surface area contributed by atoms with Gasteiger partial charge in [0.2, 0.25) is 0 Å². The minimum Gasteiger partial charge on any atom is -0.392 e. The normalized spacial score (nSPS) is 16.6. The quantitative estimate of drug-likeness (QED) is 0.802. The van der Waals surface area contributed by atoms with E-state index < -0.39 is 27.9 Å². The second-order valence-corrected chi connectivity index (χ2v) is 7.63. The number of aliphatic hydroxyl groups is 1. The molecule has 2 aromatic carbocycles. The zero-order chi connectivity index (χ0) is 18.9. The number of fused-ring (bicyclic) bond motifs is 1. The maximum atomic E-state index is 13.6. The van der Waals surface area contributed by atoms with Crippen LogP contribution in [0.25, 0.3) is 0 Å². The summed E-state index contributed by atoms with van der Waals surface area (Å²) in [6.45, 7) is 0.394. The van der Waals surface area contributed by atoms with E-state index in [-0.39, 0.29) is 18.7 Å². The standard InChI is InChI=1S/C17H19F2N3O3S/c1-20-11-13(23)8-9-21-16-4-2-3-5-17(16)22(26(21,24)25)12-6-7-14(18)15(19)10-12/h2-7,10,13,20,23H,8-9,11H2,1H3/t13-/m1/s1. The van der Waals surface area contributed by atoms with Crippen molar-refractivity contribution in [3.05, 3.63) is 54.1 Å². The van der Waals surface area contributed by atoms with Crippen molar-refractivity contribution >= 4 is 27.3 Å².